The number of aromatic nitrogens is 5. The van der Waals surface area contributed by atoms with Crippen LogP contribution in [-0.2, 0) is 0 Å². The first-order chi connectivity index (χ1) is 27.8. The van der Waals surface area contributed by atoms with Crippen molar-refractivity contribution in [2.75, 3.05) is 0 Å². The summed E-state index contributed by atoms with van der Waals surface area (Å²) < 4.78 is 4.86. The second kappa shape index (κ2) is 13.0. The highest BCUT2D eigenvalue weighted by atomic mass is 15.1. The van der Waals surface area contributed by atoms with Gasteiger partial charge in [0.2, 0.25) is 0 Å². The van der Waals surface area contributed by atoms with Crippen molar-refractivity contribution < 1.29 is 0 Å². The highest BCUT2D eigenvalue weighted by Crippen LogP contribution is 2.45. The molecular formula is C51H33N5. The molecule has 0 aliphatic rings. The van der Waals surface area contributed by atoms with Gasteiger partial charge in [0.05, 0.1) is 27.8 Å². The zero-order valence-electron chi connectivity index (χ0n) is 30.3. The number of fused-ring (bicyclic) bond motifs is 7. The van der Waals surface area contributed by atoms with Gasteiger partial charge in [-0.25, -0.2) is 15.0 Å². The average molecular weight is 716 g/mol. The maximum absolute atomic E-state index is 5.26. The van der Waals surface area contributed by atoms with Crippen molar-refractivity contribution in [3.63, 3.8) is 0 Å². The largest absolute Gasteiger partial charge is 0.309 e. The van der Waals surface area contributed by atoms with E-state index in [2.05, 4.69) is 173 Å². The molecule has 0 saturated carbocycles. The summed E-state index contributed by atoms with van der Waals surface area (Å²) in [5.41, 5.74) is 11.7. The van der Waals surface area contributed by atoms with Gasteiger partial charge in [0.15, 0.2) is 17.5 Å². The molecule has 0 fully saturated rings. The first kappa shape index (κ1) is 31.9. The van der Waals surface area contributed by atoms with Gasteiger partial charge in [0, 0.05) is 49.5 Å². The normalized spacial score (nSPS) is 11.6. The summed E-state index contributed by atoms with van der Waals surface area (Å²) in [5, 5.41) is 4.81. The van der Waals surface area contributed by atoms with Crippen LogP contribution in [-0.4, -0.2) is 24.1 Å². The fourth-order valence-electron chi connectivity index (χ4n) is 8.34. The van der Waals surface area contributed by atoms with Crippen molar-refractivity contribution in [3.8, 4) is 56.7 Å². The monoisotopic (exact) mass is 715 g/mol. The van der Waals surface area contributed by atoms with E-state index in [9.17, 15) is 0 Å². The van der Waals surface area contributed by atoms with E-state index < -0.39 is 0 Å². The molecule has 262 valence electrons. The molecule has 0 saturated heterocycles. The molecule has 0 aliphatic heterocycles. The van der Waals surface area contributed by atoms with E-state index in [-0.39, 0.29) is 0 Å². The molecule has 56 heavy (non-hydrogen) atoms. The Kier molecular flexibility index (Phi) is 7.42. The second-order valence-corrected chi connectivity index (χ2v) is 14.0. The summed E-state index contributed by atoms with van der Waals surface area (Å²) >= 11 is 0. The van der Waals surface area contributed by atoms with Crippen LogP contribution in [0.5, 0.6) is 0 Å². The topological polar surface area (TPSA) is 48.5 Å². The van der Waals surface area contributed by atoms with Gasteiger partial charge in [-0.3, -0.25) is 0 Å². The molecule has 0 aliphatic carbocycles. The maximum atomic E-state index is 5.26. The Bertz CT molecular complexity index is 3160. The van der Waals surface area contributed by atoms with Crippen molar-refractivity contribution in [2.24, 2.45) is 0 Å². The standard InChI is InChI=1S/C51H33N5/c1-5-18-34(19-6-1)38-28-17-29-42(51-53-49(35-20-7-2-8-21-35)52-50(54-51)36-22-9-3-10-23-36)47(38)56-44-31-16-14-27-41(44)46-45(56)33-32-40-39-26-13-15-30-43(39)55(48(40)46)37-24-11-4-12-25-37/h1-33H. The van der Waals surface area contributed by atoms with Crippen LogP contribution in [0.25, 0.3) is 100 Å². The average Bonchev–Trinajstić information content (AvgIpc) is 3.80. The molecule has 11 rings (SSSR count). The molecular weight excluding hydrogens is 683 g/mol. The molecule has 3 heterocycles. The fraction of sp³-hybridized carbons (Fsp3) is 0. The minimum Gasteiger partial charge on any atom is -0.309 e. The Balaban J connectivity index is 1.29. The van der Waals surface area contributed by atoms with Crippen molar-refractivity contribution in [3.05, 3.63) is 200 Å². The van der Waals surface area contributed by atoms with Crippen LogP contribution >= 0.6 is 0 Å². The van der Waals surface area contributed by atoms with E-state index in [0.717, 1.165) is 50.2 Å². The van der Waals surface area contributed by atoms with Gasteiger partial charge >= 0.3 is 0 Å². The Morgan fingerprint density at radius 2 is 0.804 bits per heavy atom. The van der Waals surface area contributed by atoms with Gasteiger partial charge in [-0.2, -0.15) is 0 Å². The zero-order valence-corrected chi connectivity index (χ0v) is 30.3. The highest BCUT2D eigenvalue weighted by Gasteiger charge is 2.25. The van der Waals surface area contributed by atoms with E-state index in [1.54, 1.807) is 0 Å². The van der Waals surface area contributed by atoms with Crippen LogP contribution in [0.1, 0.15) is 0 Å². The van der Waals surface area contributed by atoms with Crippen LogP contribution in [0.15, 0.2) is 200 Å². The lowest BCUT2D eigenvalue weighted by molar-refractivity contribution is 1.06. The molecule has 0 radical (unpaired) electrons. The number of para-hydroxylation sites is 4. The Hall–Kier alpha value is -7.63. The number of nitrogens with zero attached hydrogens (tertiary/aromatic N) is 5. The molecule has 11 aromatic rings. The molecule has 0 bridgehead atoms. The third kappa shape index (κ3) is 5.06. The summed E-state index contributed by atoms with van der Waals surface area (Å²) in [6.45, 7) is 0. The zero-order chi connectivity index (χ0) is 37.0. The number of hydrogen-bond donors (Lipinski definition) is 0. The predicted octanol–water partition coefficient (Wildman–Crippen LogP) is 12.7. The Morgan fingerprint density at radius 1 is 0.304 bits per heavy atom. The first-order valence-electron chi connectivity index (χ1n) is 18.9. The summed E-state index contributed by atoms with van der Waals surface area (Å²) in [6.07, 6.45) is 0. The van der Waals surface area contributed by atoms with Crippen LogP contribution < -0.4 is 0 Å². The van der Waals surface area contributed by atoms with Crippen molar-refractivity contribution in [1.29, 1.82) is 0 Å². The molecule has 5 nitrogen and oxygen atoms in total. The molecule has 0 spiro atoms. The van der Waals surface area contributed by atoms with E-state index in [1.165, 1.54) is 32.6 Å². The third-order valence-electron chi connectivity index (χ3n) is 10.8. The predicted molar refractivity (Wildman–Crippen MR) is 230 cm³/mol. The lowest BCUT2D eigenvalue weighted by Crippen LogP contribution is -2.05. The van der Waals surface area contributed by atoms with Crippen LogP contribution in [0.3, 0.4) is 0 Å². The lowest BCUT2D eigenvalue weighted by Gasteiger charge is -2.19. The van der Waals surface area contributed by atoms with E-state index >= 15 is 0 Å². The molecule has 8 aromatic carbocycles. The van der Waals surface area contributed by atoms with Crippen LogP contribution in [0.2, 0.25) is 0 Å². The summed E-state index contributed by atoms with van der Waals surface area (Å²) in [5.74, 6) is 1.86. The second-order valence-electron chi connectivity index (χ2n) is 14.0. The third-order valence-corrected chi connectivity index (χ3v) is 10.8. The highest BCUT2D eigenvalue weighted by molar-refractivity contribution is 6.26. The summed E-state index contributed by atoms with van der Waals surface area (Å²) in [7, 11) is 0. The minimum atomic E-state index is 0.607. The number of hydrogen-bond acceptors (Lipinski definition) is 3. The van der Waals surface area contributed by atoms with Gasteiger partial charge in [0.1, 0.15) is 0 Å². The molecule has 0 unspecified atom stereocenters. The van der Waals surface area contributed by atoms with Gasteiger partial charge in [-0.15, -0.1) is 0 Å². The van der Waals surface area contributed by atoms with Crippen LogP contribution in [0, 0.1) is 0 Å². The SMILES string of the molecule is c1ccc(-c2nc(-c3ccccc3)nc(-c3cccc(-c4ccccc4)c3-n3c4ccccc4c4c3ccc3c5ccccc5n(-c5ccccc5)c34)n2)cc1. The van der Waals surface area contributed by atoms with Gasteiger partial charge in [-0.05, 0) is 42.0 Å². The van der Waals surface area contributed by atoms with Crippen LogP contribution in [0.4, 0.5) is 0 Å². The Morgan fingerprint density at radius 3 is 1.45 bits per heavy atom. The summed E-state index contributed by atoms with van der Waals surface area (Å²) in [6, 6.07) is 70.3. The molecule has 0 amide bonds. The quantitative estimate of drug-likeness (QED) is 0.172. The van der Waals surface area contributed by atoms with Gasteiger partial charge in [-0.1, -0.05) is 164 Å². The lowest BCUT2D eigenvalue weighted by atomic mass is 9.98. The van der Waals surface area contributed by atoms with E-state index in [0.29, 0.717) is 17.5 Å². The van der Waals surface area contributed by atoms with E-state index in [4.69, 9.17) is 15.0 Å². The summed E-state index contributed by atoms with van der Waals surface area (Å²) in [4.78, 5) is 15.5. The molecule has 0 atom stereocenters. The van der Waals surface area contributed by atoms with Crippen molar-refractivity contribution in [1.82, 2.24) is 24.1 Å². The van der Waals surface area contributed by atoms with Crippen molar-refractivity contribution in [2.45, 2.75) is 0 Å². The molecule has 0 N–H and O–H groups in total. The van der Waals surface area contributed by atoms with Gasteiger partial charge in [0.25, 0.3) is 0 Å². The van der Waals surface area contributed by atoms with Crippen molar-refractivity contribution >= 4 is 43.6 Å². The number of benzene rings is 8. The van der Waals surface area contributed by atoms with E-state index in [1.807, 2.05) is 36.4 Å². The smallest absolute Gasteiger partial charge is 0.166 e. The van der Waals surface area contributed by atoms with Gasteiger partial charge < -0.3 is 9.13 Å². The first-order valence-corrected chi connectivity index (χ1v) is 18.9. The maximum Gasteiger partial charge on any atom is 0.166 e. The molecule has 3 aromatic heterocycles. The number of rotatable bonds is 6. The minimum absolute atomic E-state index is 0.607. The Labute approximate surface area is 323 Å². The molecule has 5 heteroatoms. The fourth-order valence-corrected chi connectivity index (χ4v) is 8.34.